The third kappa shape index (κ3) is 2.19. The van der Waals surface area contributed by atoms with Gasteiger partial charge in [0, 0.05) is 7.05 Å². The van der Waals surface area contributed by atoms with Gasteiger partial charge in [0.1, 0.15) is 6.10 Å². The van der Waals surface area contributed by atoms with Crippen molar-refractivity contribution in [3.05, 3.63) is 17.2 Å². The number of hydrogen-bond donors (Lipinski definition) is 2. The van der Waals surface area contributed by atoms with Crippen LogP contribution in [0.3, 0.4) is 0 Å². The van der Waals surface area contributed by atoms with Gasteiger partial charge in [0.15, 0.2) is 5.15 Å². The average molecular weight is 205 g/mol. The van der Waals surface area contributed by atoms with E-state index in [4.69, 9.17) is 16.7 Å². The second-order valence-electron chi connectivity index (χ2n) is 2.65. The van der Waals surface area contributed by atoms with Gasteiger partial charge < -0.3 is 14.8 Å². The van der Waals surface area contributed by atoms with Gasteiger partial charge in [-0.1, -0.05) is 11.6 Å². The van der Waals surface area contributed by atoms with E-state index in [1.54, 1.807) is 7.05 Å². The monoisotopic (exact) mass is 204 g/mol. The predicted octanol–water partition coefficient (Wildman–Crippen LogP) is 0.582. The molecule has 1 aromatic rings. The molecule has 0 aromatic carbocycles. The standard InChI is InChI=1S/C7H9ClN2O3/c1-10-3-9-7(8)6(10)4(11)2-5(12)13/h3-4,11H,2H2,1H3,(H,12,13). The maximum Gasteiger partial charge on any atom is 0.306 e. The normalized spacial score (nSPS) is 12.8. The lowest BCUT2D eigenvalue weighted by Gasteiger charge is -2.08. The van der Waals surface area contributed by atoms with Gasteiger partial charge >= 0.3 is 5.97 Å². The number of aliphatic hydroxyl groups excluding tert-OH is 1. The molecule has 1 rings (SSSR count). The minimum absolute atomic E-state index is 0.135. The smallest absolute Gasteiger partial charge is 0.306 e. The summed E-state index contributed by atoms with van der Waals surface area (Å²) < 4.78 is 1.50. The van der Waals surface area contributed by atoms with E-state index in [-0.39, 0.29) is 11.6 Å². The highest BCUT2D eigenvalue weighted by atomic mass is 35.5. The van der Waals surface area contributed by atoms with Crippen LogP contribution in [0, 0.1) is 0 Å². The lowest BCUT2D eigenvalue weighted by Crippen LogP contribution is -2.09. The molecule has 72 valence electrons. The molecular weight excluding hydrogens is 196 g/mol. The number of rotatable bonds is 3. The van der Waals surface area contributed by atoms with Gasteiger partial charge in [-0.15, -0.1) is 0 Å². The van der Waals surface area contributed by atoms with Crippen LogP contribution in [0.4, 0.5) is 0 Å². The minimum atomic E-state index is -1.11. The first-order chi connectivity index (χ1) is 6.02. The van der Waals surface area contributed by atoms with Crippen LogP contribution in [0.25, 0.3) is 0 Å². The Morgan fingerprint density at radius 3 is 2.85 bits per heavy atom. The van der Waals surface area contributed by atoms with Crippen LogP contribution < -0.4 is 0 Å². The summed E-state index contributed by atoms with van der Waals surface area (Å²) in [5.74, 6) is -1.08. The first-order valence-electron chi connectivity index (χ1n) is 3.59. The maximum absolute atomic E-state index is 10.3. The summed E-state index contributed by atoms with van der Waals surface area (Å²) >= 11 is 5.64. The third-order valence-corrected chi connectivity index (χ3v) is 1.91. The summed E-state index contributed by atoms with van der Waals surface area (Å²) in [6, 6.07) is 0. The molecule has 6 heteroatoms. The van der Waals surface area contributed by atoms with Crippen LogP contribution >= 0.6 is 11.6 Å². The van der Waals surface area contributed by atoms with Crippen LogP contribution in [-0.4, -0.2) is 25.7 Å². The molecule has 1 unspecified atom stereocenters. The number of carbonyl (C=O) groups is 1. The highest BCUT2D eigenvalue weighted by Crippen LogP contribution is 2.23. The molecule has 0 amide bonds. The average Bonchev–Trinajstić information content (AvgIpc) is 2.29. The number of aromatic nitrogens is 2. The zero-order chi connectivity index (χ0) is 10.0. The number of aliphatic hydroxyl groups is 1. The van der Waals surface area contributed by atoms with Crippen molar-refractivity contribution in [3.63, 3.8) is 0 Å². The summed E-state index contributed by atoms with van der Waals surface area (Å²) in [6.07, 6.45) is -0.0698. The number of carboxylic acid groups (broad SMARTS) is 1. The van der Waals surface area contributed by atoms with Crippen molar-refractivity contribution in [1.82, 2.24) is 9.55 Å². The van der Waals surface area contributed by atoms with Crippen LogP contribution in [-0.2, 0) is 11.8 Å². The molecule has 1 atom stereocenters. The summed E-state index contributed by atoms with van der Waals surface area (Å²) in [5, 5.41) is 18.0. The van der Waals surface area contributed by atoms with Gasteiger partial charge in [0.25, 0.3) is 0 Å². The molecule has 5 nitrogen and oxygen atoms in total. The van der Waals surface area contributed by atoms with E-state index in [0.717, 1.165) is 0 Å². The SMILES string of the molecule is Cn1cnc(Cl)c1C(O)CC(=O)O. The highest BCUT2D eigenvalue weighted by Gasteiger charge is 2.18. The first-order valence-corrected chi connectivity index (χ1v) is 3.96. The minimum Gasteiger partial charge on any atom is -0.481 e. The largest absolute Gasteiger partial charge is 0.481 e. The van der Waals surface area contributed by atoms with E-state index < -0.39 is 12.1 Å². The van der Waals surface area contributed by atoms with Crippen molar-refractivity contribution in [1.29, 1.82) is 0 Å². The molecule has 1 aromatic heterocycles. The molecule has 0 bridgehead atoms. The van der Waals surface area contributed by atoms with Crippen LogP contribution in [0.5, 0.6) is 0 Å². The van der Waals surface area contributed by atoms with Gasteiger partial charge in [-0.25, -0.2) is 4.98 Å². The molecule has 0 aliphatic carbocycles. The van der Waals surface area contributed by atoms with Gasteiger partial charge in [-0.2, -0.15) is 0 Å². The number of halogens is 1. The lowest BCUT2D eigenvalue weighted by atomic mass is 10.2. The summed E-state index contributed by atoms with van der Waals surface area (Å²) in [7, 11) is 1.64. The van der Waals surface area contributed by atoms with Crippen molar-refractivity contribution in [2.75, 3.05) is 0 Å². The second-order valence-corrected chi connectivity index (χ2v) is 3.00. The maximum atomic E-state index is 10.3. The van der Waals surface area contributed by atoms with Gasteiger partial charge in [0.2, 0.25) is 0 Å². The molecule has 0 spiro atoms. The molecule has 2 N–H and O–H groups in total. The second kappa shape index (κ2) is 3.76. The number of imidazole rings is 1. The van der Waals surface area contributed by atoms with E-state index in [9.17, 15) is 9.90 Å². The lowest BCUT2D eigenvalue weighted by molar-refractivity contribution is -0.139. The number of carboxylic acids is 1. The van der Waals surface area contributed by atoms with Crippen LogP contribution in [0.2, 0.25) is 5.15 Å². The molecule has 0 saturated heterocycles. The molecule has 0 radical (unpaired) electrons. The number of aryl methyl sites for hydroxylation is 1. The highest BCUT2D eigenvalue weighted by molar-refractivity contribution is 6.30. The fourth-order valence-corrected chi connectivity index (χ4v) is 1.35. The zero-order valence-corrected chi connectivity index (χ0v) is 7.69. The molecule has 0 aliphatic rings. The van der Waals surface area contributed by atoms with Crippen molar-refractivity contribution < 1.29 is 15.0 Å². The van der Waals surface area contributed by atoms with Crippen molar-refractivity contribution in [2.45, 2.75) is 12.5 Å². The van der Waals surface area contributed by atoms with Gasteiger partial charge in [-0.3, -0.25) is 4.79 Å². The van der Waals surface area contributed by atoms with Crippen molar-refractivity contribution >= 4 is 17.6 Å². The predicted molar refractivity (Wildman–Crippen MR) is 45.4 cm³/mol. The molecule has 0 saturated carbocycles. The van der Waals surface area contributed by atoms with Crippen LogP contribution in [0.15, 0.2) is 6.33 Å². The quantitative estimate of drug-likeness (QED) is 0.755. The van der Waals surface area contributed by atoms with Crippen molar-refractivity contribution in [3.8, 4) is 0 Å². The Hall–Kier alpha value is -1.07. The Bertz CT molecular complexity index is 304. The fourth-order valence-electron chi connectivity index (χ4n) is 1.05. The van der Waals surface area contributed by atoms with E-state index >= 15 is 0 Å². The Balaban J connectivity index is 2.87. The van der Waals surface area contributed by atoms with E-state index in [2.05, 4.69) is 4.98 Å². The zero-order valence-electron chi connectivity index (χ0n) is 6.94. The molecule has 0 aliphatic heterocycles. The molecule has 0 fully saturated rings. The van der Waals surface area contributed by atoms with E-state index in [1.807, 2.05) is 0 Å². The fraction of sp³-hybridized carbons (Fsp3) is 0.429. The number of nitrogens with zero attached hydrogens (tertiary/aromatic N) is 2. The topological polar surface area (TPSA) is 75.3 Å². The summed E-state index contributed by atoms with van der Waals surface area (Å²) in [6.45, 7) is 0. The van der Waals surface area contributed by atoms with Gasteiger partial charge in [-0.05, 0) is 0 Å². The van der Waals surface area contributed by atoms with Crippen LogP contribution in [0.1, 0.15) is 18.2 Å². The summed E-state index contributed by atoms with van der Waals surface area (Å²) in [5.41, 5.74) is 0.323. The van der Waals surface area contributed by atoms with E-state index in [1.165, 1.54) is 10.9 Å². The molecular formula is C7H9ClN2O3. The Morgan fingerprint density at radius 1 is 1.85 bits per heavy atom. The van der Waals surface area contributed by atoms with Crippen molar-refractivity contribution in [2.24, 2.45) is 7.05 Å². The number of aliphatic carboxylic acids is 1. The first kappa shape index (κ1) is 10.0. The Morgan fingerprint density at radius 2 is 2.46 bits per heavy atom. The molecule has 13 heavy (non-hydrogen) atoms. The van der Waals surface area contributed by atoms with Gasteiger partial charge in [0.05, 0.1) is 18.4 Å². The molecule has 1 heterocycles. The number of hydrogen-bond acceptors (Lipinski definition) is 3. The third-order valence-electron chi connectivity index (χ3n) is 1.62. The van der Waals surface area contributed by atoms with E-state index in [0.29, 0.717) is 5.69 Å². The Labute approximate surface area is 79.6 Å². The Kier molecular flexibility index (Phi) is 2.90. The summed E-state index contributed by atoms with van der Waals surface area (Å²) in [4.78, 5) is 14.0.